The fourth-order valence-corrected chi connectivity index (χ4v) is 1.82. The molecule has 2 rings (SSSR count). The van der Waals surface area contributed by atoms with Gasteiger partial charge in [-0.05, 0) is 42.7 Å². The zero-order valence-corrected chi connectivity index (χ0v) is 11.0. The van der Waals surface area contributed by atoms with Gasteiger partial charge in [-0.2, -0.15) is 0 Å². The highest BCUT2D eigenvalue weighted by Gasteiger charge is 2.05. The average Bonchev–Trinajstić information content (AvgIpc) is 2.42. The number of aryl methyl sites for hydroxylation is 1. The van der Waals surface area contributed by atoms with Crippen molar-refractivity contribution in [2.24, 2.45) is 0 Å². The van der Waals surface area contributed by atoms with Crippen LogP contribution in [0, 0.1) is 0 Å². The Bertz CT molecular complexity index is 532. The van der Waals surface area contributed by atoms with Crippen LogP contribution in [0.2, 0.25) is 0 Å². The van der Waals surface area contributed by atoms with E-state index in [2.05, 4.69) is 6.92 Å². The molecule has 0 saturated heterocycles. The third-order valence-corrected chi connectivity index (χ3v) is 2.91. The number of hydrogen-bond acceptors (Lipinski definition) is 3. The van der Waals surface area contributed by atoms with Gasteiger partial charge >= 0.3 is 0 Å². The summed E-state index contributed by atoms with van der Waals surface area (Å²) >= 11 is 0. The Labute approximate surface area is 113 Å². The summed E-state index contributed by atoms with van der Waals surface area (Å²) < 4.78 is 5.54. The SMILES string of the molecule is CCCCc1ccc(Oc2cc(O)ccc2O)cc1. The van der Waals surface area contributed by atoms with Gasteiger partial charge in [0.1, 0.15) is 11.5 Å². The summed E-state index contributed by atoms with van der Waals surface area (Å²) in [4.78, 5) is 0. The number of benzene rings is 2. The molecule has 0 spiro atoms. The molecule has 0 aliphatic carbocycles. The van der Waals surface area contributed by atoms with Gasteiger partial charge in [-0.3, -0.25) is 0 Å². The molecule has 0 aliphatic heterocycles. The van der Waals surface area contributed by atoms with Gasteiger partial charge in [0.2, 0.25) is 0 Å². The Hall–Kier alpha value is -2.16. The van der Waals surface area contributed by atoms with Gasteiger partial charge in [0.05, 0.1) is 0 Å². The summed E-state index contributed by atoms with van der Waals surface area (Å²) in [6.45, 7) is 2.17. The van der Waals surface area contributed by atoms with Crippen LogP contribution in [0.3, 0.4) is 0 Å². The largest absolute Gasteiger partial charge is 0.508 e. The summed E-state index contributed by atoms with van der Waals surface area (Å²) in [6, 6.07) is 12.0. The van der Waals surface area contributed by atoms with Crippen molar-refractivity contribution in [3.8, 4) is 23.0 Å². The van der Waals surface area contributed by atoms with Gasteiger partial charge in [0.15, 0.2) is 11.5 Å². The maximum absolute atomic E-state index is 9.63. The lowest BCUT2D eigenvalue weighted by molar-refractivity contribution is 0.403. The van der Waals surface area contributed by atoms with E-state index in [0.717, 1.165) is 6.42 Å². The third-order valence-electron chi connectivity index (χ3n) is 2.91. The van der Waals surface area contributed by atoms with E-state index in [0.29, 0.717) is 5.75 Å². The predicted molar refractivity (Wildman–Crippen MR) is 74.9 cm³/mol. The molecule has 0 heterocycles. The normalized spacial score (nSPS) is 10.4. The zero-order valence-electron chi connectivity index (χ0n) is 11.0. The van der Waals surface area contributed by atoms with Crippen molar-refractivity contribution in [2.45, 2.75) is 26.2 Å². The van der Waals surface area contributed by atoms with Crippen LogP contribution in [0.4, 0.5) is 0 Å². The molecule has 0 unspecified atom stereocenters. The zero-order chi connectivity index (χ0) is 13.7. The quantitative estimate of drug-likeness (QED) is 0.789. The van der Waals surface area contributed by atoms with E-state index < -0.39 is 0 Å². The molecule has 2 N–H and O–H groups in total. The molecule has 3 nitrogen and oxygen atoms in total. The first kappa shape index (κ1) is 13.3. The smallest absolute Gasteiger partial charge is 0.172 e. The lowest BCUT2D eigenvalue weighted by Gasteiger charge is -2.08. The highest BCUT2D eigenvalue weighted by Crippen LogP contribution is 2.33. The van der Waals surface area contributed by atoms with Crippen molar-refractivity contribution in [1.29, 1.82) is 0 Å². The van der Waals surface area contributed by atoms with E-state index in [1.54, 1.807) is 0 Å². The number of unbranched alkanes of at least 4 members (excludes halogenated alkanes) is 1. The maximum atomic E-state index is 9.63. The van der Waals surface area contributed by atoms with Crippen LogP contribution in [0.1, 0.15) is 25.3 Å². The molecule has 2 aromatic rings. The van der Waals surface area contributed by atoms with Crippen LogP contribution in [-0.4, -0.2) is 10.2 Å². The van der Waals surface area contributed by atoms with Crippen molar-refractivity contribution in [1.82, 2.24) is 0 Å². The summed E-state index contributed by atoms with van der Waals surface area (Å²) in [6.07, 6.45) is 3.41. The van der Waals surface area contributed by atoms with Crippen molar-refractivity contribution in [2.75, 3.05) is 0 Å². The van der Waals surface area contributed by atoms with Gasteiger partial charge in [0.25, 0.3) is 0 Å². The molecule has 0 radical (unpaired) electrons. The van der Waals surface area contributed by atoms with Crippen molar-refractivity contribution < 1.29 is 14.9 Å². The van der Waals surface area contributed by atoms with Gasteiger partial charge < -0.3 is 14.9 Å². The molecule has 0 saturated carbocycles. The molecule has 100 valence electrons. The molecule has 19 heavy (non-hydrogen) atoms. The van der Waals surface area contributed by atoms with Crippen LogP contribution in [0.25, 0.3) is 0 Å². The lowest BCUT2D eigenvalue weighted by Crippen LogP contribution is -1.87. The number of phenols is 2. The fourth-order valence-electron chi connectivity index (χ4n) is 1.82. The number of rotatable bonds is 5. The third kappa shape index (κ3) is 3.65. The molecule has 3 heteroatoms. The molecule has 0 fully saturated rings. The number of phenolic OH excluding ortho intramolecular Hbond substituents is 2. The predicted octanol–water partition coefficient (Wildman–Crippen LogP) is 4.23. The molecule has 0 amide bonds. The number of aromatic hydroxyl groups is 2. The van der Waals surface area contributed by atoms with Gasteiger partial charge in [-0.15, -0.1) is 0 Å². The van der Waals surface area contributed by atoms with Gasteiger partial charge in [-0.25, -0.2) is 0 Å². The number of ether oxygens (including phenoxy) is 1. The first-order valence-electron chi connectivity index (χ1n) is 6.48. The van der Waals surface area contributed by atoms with Crippen LogP contribution < -0.4 is 4.74 Å². The van der Waals surface area contributed by atoms with Gasteiger partial charge in [-0.1, -0.05) is 25.5 Å². The number of hydrogen-bond donors (Lipinski definition) is 2. The Kier molecular flexibility index (Phi) is 4.29. The molecule has 0 aromatic heterocycles. The second kappa shape index (κ2) is 6.14. The van der Waals surface area contributed by atoms with E-state index in [-0.39, 0.29) is 17.2 Å². The highest BCUT2D eigenvalue weighted by molar-refractivity contribution is 5.46. The highest BCUT2D eigenvalue weighted by atomic mass is 16.5. The molecular weight excluding hydrogens is 240 g/mol. The van der Waals surface area contributed by atoms with E-state index in [1.165, 1.54) is 36.6 Å². The minimum atomic E-state index is 0.00728. The molecule has 0 bridgehead atoms. The Balaban J connectivity index is 2.08. The summed E-state index contributed by atoms with van der Waals surface area (Å²) in [5, 5.41) is 19.0. The summed E-state index contributed by atoms with van der Waals surface area (Å²) in [7, 11) is 0. The lowest BCUT2D eigenvalue weighted by atomic mass is 10.1. The Morgan fingerprint density at radius 2 is 1.74 bits per heavy atom. The second-order valence-electron chi connectivity index (χ2n) is 4.50. The van der Waals surface area contributed by atoms with Crippen LogP contribution >= 0.6 is 0 Å². The summed E-state index contributed by atoms with van der Waals surface area (Å²) in [5.41, 5.74) is 1.27. The second-order valence-corrected chi connectivity index (χ2v) is 4.50. The molecule has 2 aromatic carbocycles. The summed E-state index contributed by atoms with van der Waals surface area (Å²) in [5.74, 6) is 0.961. The van der Waals surface area contributed by atoms with Gasteiger partial charge in [0, 0.05) is 6.07 Å². The first-order valence-corrected chi connectivity index (χ1v) is 6.48. The average molecular weight is 258 g/mol. The first-order chi connectivity index (χ1) is 9.19. The minimum absolute atomic E-state index is 0.00728. The Morgan fingerprint density at radius 3 is 2.42 bits per heavy atom. The Morgan fingerprint density at radius 1 is 1.00 bits per heavy atom. The topological polar surface area (TPSA) is 49.7 Å². The monoisotopic (exact) mass is 258 g/mol. The van der Waals surface area contributed by atoms with E-state index >= 15 is 0 Å². The van der Waals surface area contributed by atoms with Crippen LogP contribution in [0.5, 0.6) is 23.0 Å². The molecule has 0 aliphatic rings. The fraction of sp³-hybridized carbons (Fsp3) is 0.250. The van der Waals surface area contributed by atoms with Crippen LogP contribution in [-0.2, 0) is 6.42 Å². The van der Waals surface area contributed by atoms with Crippen LogP contribution in [0.15, 0.2) is 42.5 Å². The van der Waals surface area contributed by atoms with E-state index in [9.17, 15) is 10.2 Å². The molecule has 0 atom stereocenters. The van der Waals surface area contributed by atoms with E-state index in [4.69, 9.17) is 4.74 Å². The van der Waals surface area contributed by atoms with Crippen molar-refractivity contribution >= 4 is 0 Å². The van der Waals surface area contributed by atoms with E-state index in [1.807, 2.05) is 24.3 Å². The molecular formula is C16H18O3. The minimum Gasteiger partial charge on any atom is -0.508 e. The van der Waals surface area contributed by atoms with Crippen molar-refractivity contribution in [3.63, 3.8) is 0 Å². The maximum Gasteiger partial charge on any atom is 0.172 e. The van der Waals surface area contributed by atoms with Crippen molar-refractivity contribution in [3.05, 3.63) is 48.0 Å². The standard InChI is InChI=1S/C16H18O3/c1-2-3-4-12-5-8-14(9-6-12)19-16-11-13(17)7-10-15(16)18/h5-11,17-18H,2-4H2,1H3.